The molecule has 0 spiro atoms. The van der Waals surface area contributed by atoms with Crippen LogP contribution >= 0.6 is 0 Å². The number of esters is 6. The molecule has 24 nitrogen and oxygen atoms in total. The molecule has 0 aromatic heterocycles. The summed E-state index contributed by atoms with van der Waals surface area (Å²) in [6, 6.07) is -8.29. The van der Waals surface area contributed by atoms with Crippen LogP contribution in [0.15, 0.2) is 0 Å². The average molecular weight is 1150 g/mol. The molecule has 12 atom stereocenters. The first kappa shape index (κ1) is 74.3. The molecule has 446 valence electrons. The van der Waals surface area contributed by atoms with Crippen molar-refractivity contribution in [3.63, 3.8) is 0 Å². The zero-order chi connectivity index (χ0) is 60.5. The fourth-order valence-electron chi connectivity index (χ4n) is 7.51. The Morgan fingerprint density at radius 3 is 0.671 bits per heavy atom. The molecular weight excluding hydrogens is 1060 g/mol. The summed E-state index contributed by atoms with van der Waals surface area (Å²) in [7, 11) is 0. The van der Waals surface area contributed by atoms with E-state index in [1.54, 1.807) is 125 Å². The van der Waals surface area contributed by atoms with Crippen LogP contribution < -0.4 is 31.9 Å². The first-order valence-corrected chi connectivity index (χ1v) is 26.9. The third-order valence-corrected chi connectivity index (χ3v) is 12.6. The van der Waals surface area contributed by atoms with Crippen LogP contribution in [0.5, 0.6) is 0 Å². The van der Waals surface area contributed by atoms with Gasteiger partial charge in [-0.2, -0.15) is 0 Å². The monoisotopic (exact) mass is 1150 g/mol. The first-order chi connectivity index (χ1) is 35.9. The van der Waals surface area contributed by atoms with Crippen LogP contribution in [0.1, 0.15) is 145 Å². The van der Waals surface area contributed by atoms with Crippen LogP contribution in [-0.4, -0.2) is 196 Å². The van der Waals surface area contributed by atoms with Crippen molar-refractivity contribution in [3.05, 3.63) is 0 Å². The van der Waals surface area contributed by atoms with Crippen LogP contribution in [0.4, 0.5) is 0 Å². The summed E-state index contributed by atoms with van der Waals surface area (Å²) < 4.78 is 33.3. The standard InChI is InChI=1S/C54H90N6O18.K.H/c1-22(2)34-45(63)58-35(23(3)4)50(68)73-31(19)43(61)56-38(26(9)10)53(71)77-41(29(15)16)47(65)59-36(24(5)6)51(69)74-32(20)44(62)57-39(27(11)12)54(72)78-42(30(17)18)48(66)60-37(25(7)8)52(70)75-33(21)49(67)76-40(28(13)14)46(64)55-34;;/h22-42H,1-21H3,(H,55,64)(H,56,61)(H,57,62)(H,58,63)(H,59,65)(H,60,66);;. The molecule has 0 aromatic rings. The van der Waals surface area contributed by atoms with Gasteiger partial charge in [0, 0.05) is 0 Å². The molecule has 6 amide bonds. The molecular formula is C54H91KN6O18. The molecule has 1 fully saturated rings. The zero-order valence-corrected chi connectivity index (χ0v) is 49.5. The van der Waals surface area contributed by atoms with E-state index in [4.69, 9.17) is 28.4 Å². The zero-order valence-electron chi connectivity index (χ0n) is 49.5. The molecule has 0 aliphatic carbocycles. The van der Waals surface area contributed by atoms with Gasteiger partial charge in [-0.1, -0.05) is 125 Å². The molecule has 1 rings (SSSR count). The Morgan fingerprint density at radius 1 is 0.241 bits per heavy atom. The van der Waals surface area contributed by atoms with E-state index >= 15 is 0 Å². The third-order valence-electron chi connectivity index (χ3n) is 12.6. The van der Waals surface area contributed by atoms with Crippen molar-refractivity contribution < 1.29 is 86.0 Å². The molecule has 0 bridgehead atoms. The summed E-state index contributed by atoms with van der Waals surface area (Å²) in [5.74, 6) is -17.8. The number of amides is 6. The third kappa shape index (κ3) is 23.0. The Bertz CT molecular complexity index is 1900. The summed E-state index contributed by atoms with van der Waals surface area (Å²) in [4.78, 5) is 165. The summed E-state index contributed by atoms with van der Waals surface area (Å²) in [6.07, 6.45) is -9.34. The second-order valence-electron chi connectivity index (χ2n) is 22.9. The molecule has 0 saturated carbocycles. The predicted octanol–water partition coefficient (Wildman–Crippen LogP) is 1.69. The molecule has 1 aliphatic heterocycles. The number of carbonyl (C=O) groups excluding carboxylic acids is 12. The van der Waals surface area contributed by atoms with Crippen molar-refractivity contribution in [2.45, 2.75) is 218 Å². The number of cyclic esters (lactones) is 6. The van der Waals surface area contributed by atoms with Gasteiger partial charge in [-0.15, -0.1) is 0 Å². The van der Waals surface area contributed by atoms with Crippen LogP contribution in [0.3, 0.4) is 0 Å². The van der Waals surface area contributed by atoms with Crippen molar-refractivity contribution >= 4 is 123 Å². The number of rotatable bonds is 9. The van der Waals surface area contributed by atoms with Crippen molar-refractivity contribution in [3.8, 4) is 0 Å². The minimum atomic E-state index is -1.64. The Balaban J connectivity index is 0.0000608. The van der Waals surface area contributed by atoms with Crippen LogP contribution in [0, 0.1) is 53.3 Å². The fourth-order valence-corrected chi connectivity index (χ4v) is 7.51. The Morgan fingerprint density at radius 2 is 0.430 bits per heavy atom. The second-order valence-corrected chi connectivity index (χ2v) is 22.9. The Hall–Kier alpha value is -4.72. The van der Waals surface area contributed by atoms with E-state index in [2.05, 4.69) is 31.9 Å². The van der Waals surface area contributed by atoms with E-state index in [0.717, 1.165) is 0 Å². The van der Waals surface area contributed by atoms with Crippen LogP contribution in [0.2, 0.25) is 0 Å². The Kier molecular flexibility index (Phi) is 31.9. The van der Waals surface area contributed by atoms with E-state index in [1.165, 1.54) is 20.8 Å². The number of carbonyl (C=O) groups is 12. The topological polar surface area (TPSA) is 332 Å². The molecule has 1 aliphatic rings. The number of hydrogen-bond acceptors (Lipinski definition) is 18. The van der Waals surface area contributed by atoms with Gasteiger partial charge >= 0.3 is 87.2 Å². The summed E-state index contributed by atoms with van der Waals surface area (Å²) in [5, 5.41) is 15.2. The first-order valence-electron chi connectivity index (χ1n) is 26.9. The van der Waals surface area contributed by atoms with Gasteiger partial charge in [-0.3, -0.25) is 28.8 Å². The van der Waals surface area contributed by atoms with Gasteiger partial charge in [0.15, 0.2) is 36.6 Å². The van der Waals surface area contributed by atoms with E-state index in [1.807, 2.05) is 0 Å². The minimum absolute atomic E-state index is 0. The van der Waals surface area contributed by atoms with Gasteiger partial charge < -0.3 is 60.3 Å². The maximum atomic E-state index is 13.9. The van der Waals surface area contributed by atoms with Gasteiger partial charge in [0.1, 0.15) is 36.3 Å². The van der Waals surface area contributed by atoms with Crippen molar-refractivity contribution in [1.82, 2.24) is 31.9 Å². The SMILES string of the molecule is CC1OC(=O)C(C(C)C)NC(=O)C(C(C)C)NC(=O)C(C(C)C)OC(=O)C(C)OC(=O)C(C(C)C)NC(=O)C(C(C)C)OC(=O)C(C(C)C)NC(=O)C(C)OC(=O)C(C(C)C)NC(=O)C(C(C)C)OC(=O)C(C(C)C)NC1=O.[KH]. The summed E-state index contributed by atoms with van der Waals surface area (Å²) >= 11 is 0. The average Bonchev–Trinajstić information content (AvgIpc) is 3.31. The molecule has 12 unspecified atom stereocenters. The molecule has 1 saturated heterocycles. The number of hydrogen-bond donors (Lipinski definition) is 6. The quantitative estimate of drug-likeness (QED) is 0.109. The van der Waals surface area contributed by atoms with Gasteiger partial charge in [0.25, 0.3) is 29.5 Å². The molecule has 1 heterocycles. The van der Waals surface area contributed by atoms with Gasteiger partial charge in [-0.05, 0) is 74.0 Å². The summed E-state index contributed by atoms with van der Waals surface area (Å²) in [5.41, 5.74) is 0. The van der Waals surface area contributed by atoms with Crippen LogP contribution in [-0.2, 0) is 86.0 Å². The summed E-state index contributed by atoms with van der Waals surface area (Å²) in [6.45, 7) is 32.1. The maximum absolute atomic E-state index is 13.9. The van der Waals surface area contributed by atoms with Gasteiger partial charge in [0.05, 0.1) is 0 Å². The van der Waals surface area contributed by atoms with E-state index in [9.17, 15) is 57.5 Å². The molecule has 0 radical (unpaired) electrons. The Labute approximate surface area is 508 Å². The molecule has 25 heteroatoms. The van der Waals surface area contributed by atoms with Crippen molar-refractivity contribution in [1.29, 1.82) is 0 Å². The number of ether oxygens (including phenoxy) is 6. The van der Waals surface area contributed by atoms with Gasteiger partial charge in [-0.25, -0.2) is 28.8 Å². The fraction of sp³-hybridized carbons (Fsp3) is 0.778. The second kappa shape index (κ2) is 33.9. The van der Waals surface area contributed by atoms with Gasteiger partial charge in [0.2, 0.25) is 5.91 Å². The van der Waals surface area contributed by atoms with Crippen molar-refractivity contribution in [2.75, 3.05) is 0 Å². The van der Waals surface area contributed by atoms with E-state index < -0.39 is 197 Å². The molecule has 0 aromatic carbocycles. The van der Waals surface area contributed by atoms with E-state index in [0.29, 0.717) is 0 Å². The number of nitrogens with one attached hydrogen (secondary N) is 6. The normalized spacial score (nSPS) is 28.5. The molecule has 79 heavy (non-hydrogen) atoms. The van der Waals surface area contributed by atoms with Crippen molar-refractivity contribution in [2.24, 2.45) is 53.3 Å². The predicted molar refractivity (Wildman–Crippen MR) is 289 cm³/mol. The van der Waals surface area contributed by atoms with Crippen LogP contribution in [0.25, 0.3) is 0 Å². The van der Waals surface area contributed by atoms with E-state index in [-0.39, 0.29) is 51.4 Å². The molecule has 6 N–H and O–H groups in total.